The van der Waals surface area contributed by atoms with Crippen LogP contribution in [0.5, 0.6) is 0 Å². The van der Waals surface area contributed by atoms with Crippen molar-refractivity contribution in [2.24, 2.45) is 0 Å². The van der Waals surface area contributed by atoms with Gasteiger partial charge in [-0.05, 0) is 44.5 Å². The van der Waals surface area contributed by atoms with Gasteiger partial charge in [0.05, 0.1) is 12.1 Å². The molecule has 2 nitrogen and oxygen atoms in total. The molecule has 2 atom stereocenters. The normalized spacial score (nSPS) is 24.9. The van der Waals surface area contributed by atoms with Crippen LogP contribution < -0.4 is 5.32 Å². The highest BCUT2D eigenvalue weighted by Gasteiger charge is 2.40. The fourth-order valence-corrected chi connectivity index (χ4v) is 2.41. The van der Waals surface area contributed by atoms with E-state index in [2.05, 4.69) is 57.6 Å². The third kappa shape index (κ3) is 2.31. The molecule has 1 heterocycles. The molecule has 0 radical (unpaired) electrons. The topological polar surface area (TPSA) is 15.3 Å². The van der Waals surface area contributed by atoms with Gasteiger partial charge in [-0.2, -0.15) is 0 Å². The summed E-state index contributed by atoms with van der Waals surface area (Å²) in [6.07, 6.45) is 2.78. The smallest absolute Gasteiger partial charge is 0.0860 e. The molecule has 1 rings (SSSR count). The second-order valence-corrected chi connectivity index (χ2v) is 4.71. The zero-order valence-electron chi connectivity index (χ0n) is 11.5. The lowest BCUT2D eigenvalue weighted by Crippen LogP contribution is -2.60. The Morgan fingerprint density at radius 1 is 1.47 bits per heavy atom. The molecule has 94 valence electrons. The van der Waals surface area contributed by atoms with E-state index in [1.165, 1.54) is 11.3 Å². The van der Waals surface area contributed by atoms with Gasteiger partial charge in [0.2, 0.25) is 0 Å². The molecule has 2 heteroatoms. The van der Waals surface area contributed by atoms with Crippen LogP contribution in [0.4, 0.5) is 0 Å². The maximum atomic E-state index is 4.15. The van der Waals surface area contributed by atoms with Crippen molar-refractivity contribution in [1.82, 2.24) is 10.2 Å². The van der Waals surface area contributed by atoms with Crippen molar-refractivity contribution in [1.29, 1.82) is 0 Å². The summed E-state index contributed by atoms with van der Waals surface area (Å²) >= 11 is 0. The van der Waals surface area contributed by atoms with E-state index in [1.807, 2.05) is 0 Å². The van der Waals surface area contributed by atoms with Gasteiger partial charge in [0, 0.05) is 11.4 Å². The van der Waals surface area contributed by atoms with Gasteiger partial charge >= 0.3 is 0 Å². The summed E-state index contributed by atoms with van der Waals surface area (Å²) in [5.74, 6) is 0. The fraction of sp³-hybridized carbons (Fsp3) is 0.467. The van der Waals surface area contributed by atoms with Gasteiger partial charge in [0.1, 0.15) is 0 Å². The van der Waals surface area contributed by atoms with E-state index in [1.54, 1.807) is 6.20 Å². The quantitative estimate of drug-likeness (QED) is 0.729. The molecule has 0 bridgehead atoms. The lowest BCUT2D eigenvalue weighted by atomic mass is 9.90. The molecule has 17 heavy (non-hydrogen) atoms. The Morgan fingerprint density at radius 2 is 2.06 bits per heavy atom. The van der Waals surface area contributed by atoms with Crippen molar-refractivity contribution in [2.75, 3.05) is 0 Å². The first-order valence-corrected chi connectivity index (χ1v) is 6.16. The van der Waals surface area contributed by atoms with E-state index in [9.17, 15) is 0 Å². The van der Waals surface area contributed by atoms with Gasteiger partial charge in [-0.3, -0.25) is 0 Å². The molecule has 0 aromatic rings. The van der Waals surface area contributed by atoms with Crippen LogP contribution >= 0.6 is 0 Å². The van der Waals surface area contributed by atoms with Gasteiger partial charge in [0.15, 0.2) is 0 Å². The minimum Gasteiger partial charge on any atom is -0.381 e. The van der Waals surface area contributed by atoms with E-state index >= 15 is 0 Å². The highest BCUT2D eigenvalue weighted by Crippen LogP contribution is 2.37. The van der Waals surface area contributed by atoms with Crippen LogP contribution in [-0.4, -0.2) is 17.0 Å². The summed E-state index contributed by atoms with van der Waals surface area (Å²) in [6.45, 7) is 20.5. The molecule has 0 saturated carbocycles. The Balaban J connectivity index is 2.98. The SMILES string of the molecule is C=CNC1C(=C)N(/C(C(=C)C)=C(/C)CC)C1C. The first kappa shape index (κ1) is 13.6. The summed E-state index contributed by atoms with van der Waals surface area (Å²) in [7, 11) is 0. The number of likely N-dealkylation sites (tertiary alicyclic amines) is 1. The lowest BCUT2D eigenvalue weighted by molar-refractivity contribution is 0.175. The summed E-state index contributed by atoms with van der Waals surface area (Å²) in [6, 6.07) is 0.695. The van der Waals surface area contributed by atoms with E-state index in [4.69, 9.17) is 0 Å². The molecular formula is C15H24N2. The van der Waals surface area contributed by atoms with Crippen molar-refractivity contribution in [2.45, 2.75) is 46.2 Å². The van der Waals surface area contributed by atoms with Crippen LogP contribution in [0.3, 0.4) is 0 Å². The third-order valence-electron chi connectivity index (χ3n) is 3.44. The summed E-state index contributed by atoms with van der Waals surface area (Å²) < 4.78 is 0. The van der Waals surface area contributed by atoms with E-state index in [0.29, 0.717) is 12.1 Å². The van der Waals surface area contributed by atoms with E-state index < -0.39 is 0 Å². The van der Waals surface area contributed by atoms with Gasteiger partial charge in [-0.15, -0.1) is 0 Å². The van der Waals surface area contributed by atoms with Crippen molar-refractivity contribution in [3.05, 3.63) is 48.5 Å². The second-order valence-electron chi connectivity index (χ2n) is 4.71. The lowest BCUT2D eigenvalue weighted by Gasteiger charge is -2.51. The summed E-state index contributed by atoms with van der Waals surface area (Å²) in [5.41, 5.74) is 4.81. The predicted molar refractivity (Wildman–Crippen MR) is 75.4 cm³/mol. The van der Waals surface area contributed by atoms with Crippen LogP contribution in [0.25, 0.3) is 0 Å². The average Bonchev–Trinajstić information content (AvgIpc) is 2.31. The van der Waals surface area contributed by atoms with Crippen LogP contribution in [0.2, 0.25) is 0 Å². The number of hydrogen-bond acceptors (Lipinski definition) is 2. The zero-order valence-corrected chi connectivity index (χ0v) is 11.5. The van der Waals surface area contributed by atoms with Gasteiger partial charge in [0.25, 0.3) is 0 Å². The highest BCUT2D eigenvalue weighted by atomic mass is 15.3. The number of rotatable bonds is 5. The molecule has 0 aromatic carbocycles. The minimum atomic E-state index is 0.298. The van der Waals surface area contributed by atoms with Gasteiger partial charge < -0.3 is 10.2 Å². The third-order valence-corrected chi connectivity index (χ3v) is 3.44. The molecule has 1 saturated heterocycles. The largest absolute Gasteiger partial charge is 0.381 e. The van der Waals surface area contributed by atoms with Crippen molar-refractivity contribution >= 4 is 0 Å². The zero-order chi connectivity index (χ0) is 13.2. The van der Waals surface area contributed by atoms with Crippen molar-refractivity contribution in [3.8, 4) is 0 Å². The van der Waals surface area contributed by atoms with Gasteiger partial charge in [-0.1, -0.05) is 26.7 Å². The van der Waals surface area contributed by atoms with E-state index in [-0.39, 0.29) is 0 Å². The standard InChI is InChI=1S/C15H24N2/c1-8-11(5)15(10(3)4)17-12(6)14(13(17)7)16-9-2/h9,13-14,16H,2-3,6,8H2,1,4-5,7H3/b15-11-. The Bertz CT molecular complexity index is 376. The minimum absolute atomic E-state index is 0.298. The molecule has 1 aliphatic heterocycles. The summed E-state index contributed by atoms with van der Waals surface area (Å²) in [5, 5.41) is 3.23. The second kappa shape index (κ2) is 5.26. The predicted octanol–water partition coefficient (Wildman–Crippen LogP) is 3.57. The number of nitrogens with zero attached hydrogens (tertiary/aromatic N) is 1. The summed E-state index contributed by atoms with van der Waals surface area (Å²) in [4.78, 5) is 2.28. The molecule has 0 amide bonds. The number of allylic oxidation sites excluding steroid dienone is 2. The first-order chi connectivity index (χ1) is 7.95. The highest BCUT2D eigenvalue weighted by molar-refractivity contribution is 5.39. The number of hydrogen-bond donors (Lipinski definition) is 1. The van der Waals surface area contributed by atoms with Crippen molar-refractivity contribution < 1.29 is 0 Å². The molecule has 0 aliphatic carbocycles. The maximum absolute atomic E-state index is 4.15. The van der Waals surface area contributed by atoms with Crippen LogP contribution in [0, 0.1) is 0 Å². The average molecular weight is 232 g/mol. The molecule has 1 fully saturated rings. The molecule has 2 unspecified atom stereocenters. The Morgan fingerprint density at radius 3 is 2.41 bits per heavy atom. The first-order valence-electron chi connectivity index (χ1n) is 6.16. The Hall–Kier alpha value is -1.44. The van der Waals surface area contributed by atoms with Crippen molar-refractivity contribution in [3.63, 3.8) is 0 Å². The van der Waals surface area contributed by atoms with Gasteiger partial charge in [-0.25, -0.2) is 0 Å². The Labute approximate surface area is 105 Å². The maximum Gasteiger partial charge on any atom is 0.0860 e. The Kier molecular flexibility index (Phi) is 4.22. The van der Waals surface area contributed by atoms with Crippen LogP contribution in [0.15, 0.2) is 48.5 Å². The molecule has 0 aromatic heterocycles. The molecular weight excluding hydrogens is 208 g/mol. The van der Waals surface area contributed by atoms with Crippen LogP contribution in [0.1, 0.15) is 34.1 Å². The van der Waals surface area contributed by atoms with Crippen LogP contribution in [-0.2, 0) is 0 Å². The van der Waals surface area contributed by atoms with E-state index in [0.717, 1.165) is 17.7 Å². The molecule has 1 N–H and O–H groups in total. The fourth-order valence-electron chi connectivity index (χ4n) is 2.41. The molecule has 1 aliphatic rings. The number of nitrogens with one attached hydrogen (secondary N) is 1. The molecule has 0 spiro atoms. The monoisotopic (exact) mass is 232 g/mol.